The van der Waals surface area contributed by atoms with Gasteiger partial charge in [0.25, 0.3) is 0 Å². The second-order valence-corrected chi connectivity index (χ2v) is 6.21. The van der Waals surface area contributed by atoms with Crippen LogP contribution in [0.5, 0.6) is 0 Å². The Kier molecular flexibility index (Phi) is 9.65. The zero-order valence-corrected chi connectivity index (χ0v) is 16.7. The maximum absolute atomic E-state index is 11.3. The fourth-order valence-corrected chi connectivity index (χ4v) is 2.55. The van der Waals surface area contributed by atoms with E-state index in [0.717, 1.165) is 4.90 Å². The van der Waals surface area contributed by atoms with Crippen molar-refractivity contribution in [1.29, 1.82) is 0 Å². The lowest BCUT2D eigenvalue weighted by Gasteiger charge is -2.16. The number of anilines is 2. The Morgan fingerprint density at radius 1 is 0.962 bits per heavy atom. The number of carbonyl (C=O) groups excluding carboxylic acids is 2. The molecule has 0 aliphatic heterocycles. The highest BCUT2D eigenvalue weighted by atomic mass is 32.2. The van der Waals surface area contributed by atoms with Crippen LogP contribution in [0.4, 0.5) is 21.0 Å². The number of carbonyl (C=O) groups is 2. The summed E-state index contributed by atoms with van der Waals surface area (Å²) in [5.74, 6) is 0.458. The molecule has 0 saturated carbocycles. The number of nitrogens with one attached hydrogen (secondary N) is 4. The van der Waals surface area contributed by atoms with Gasteiger partial charge in [0.15, 0.2) is 10.2 Å². The first-order chi connectivity index (χ1) is 12.4. The normalized spacial score (nSPS) is 9.65. The summed E-state index contributed by atoms with van der Waals surface area (Å²) in [6.45, 7) is 0. The molecule has 0 atom stereocenters. The molecule has 26 heavy (non-hydrogen) atoms. The molecular formula is C14H18N4O5S3. The average molecular weight is 419 g/mol. The van der Waals surface area contributed by atoms with Crippen molar-refractivity contribution in [3.63, 3.8) is 0 Å². The van der Waals surface area contributed by atoms with Crippen LogP contribution in [0.25, 0.3) is 0 Å². The zero-order valence-electron chi connectivity index (χ0n) is 14.2. The second-order valence-electron chi connectivity index (χ2n) is 4.40. The molecule has 1 rings (SSSR count). The quantitative estimate of drug-likeness (QED) is 0.323. The Labute approximate surface area is 165 Å². The van der Waals surface area contributed by atoms with E-state index < -0.39 is 12.2 Å². The number of hydrogen-bond acceptors (Lipinski definition) is 8. The van der Waals surface area contributed by atoms with Crippen molar-refractivity contribution in [2.45, 2.75) is 4.90 Å². The number of ether oxygens (including phenoxy) is 3. The molecule has 9 nitrogen and oxygen atoms in total. The molecule has 0 unspecified atom stereocenters. The van der Waals surface area contributed by atoms with Crippen molar-refractivity contribution in [3.05, 3.63) is 18.2 Å². The van der Waals surface area contributed by atoms with Crippen LogP contribution >= 0.6 is 36.2 Å². The van der Waals surface area contributed by atoms with Gasteiger partial charge in [-0.15, -0.1) is 0 Å². The second kappa shape index (κ2) is 11.5. The minimum Gasteiger partial charge on any atom is -0.453 e. The molecule has 2 amide bonds. The van der Waals surface area contributed by atoms with Gasteiger partial charge in [0.1, 0.15) is 0 Å². The average Bonchev–Trinajstić information content (AvgIpc) is 2.61. The maximum Gasteiger partial charge on any atom is 0.413 e. The Balaban J connectivity index is 2.95. The molecule has 0 radical (unpaired) electrons. The summed E-state index contributed by atoms with van der Waals surface area (Å²) in [6, 6.07) is 5.33. The summed E-state index contributed by atoms with van der Waals surface area (Å²) in [4.78, 5) is 23.4. The number of methoxy groups -OCH3 is 3. The fourth-order valence-electron chi connectivity index (χ4n) is 1.55. The van der Waals surface area contributed by atoms with Crippen molar-refractivity contribution in [2.75, 3.05) is 37.9 Å². The van der Waals surface area contributed by atoms with Crippen LogP contribution in [-0.4, -0.2) is 49.7 Å². The van der Waals surface area contributed by atoms with Gasteiger partial charge in [-0.1, -0.05) is 11.8 Å². The van der Waals surface area contributed by atoms with Gasteiger partial charge in [0.05, 0.1) is 31.5 Å². The molecule has 0 aliphatic carbocycles. The minimum absolute atomic E-state index is 0.0284. The number of thioether (sulfide) groups is 1. The van der Waals surface area contributed by atoms with E-state index in [-0.39, 0.29) is 10.2 Å². The van der Waals surface area contributed by atoms with Crippen LogP contribution in [0.2, 0.25) is 0 Å². The highest BCUT2D eigenvalue weighted by Crippen LogP contribution is 2.28. The van der Waals surface area contributed by atoms with Crippen molar-refractivity contribution in [1.82, 2.24) is 10.6 Å². The van der Waals surface area contributed by atoms with Crippen LogP contribution in [0.1, 0.15) is 0 Å². The first-order valence-electron chi connectivity index (χ1n) is 6.97. The summed E-state index contributed by atoms with van der Waals surface area (Å²) < 4.78 is 14.0. The number of alkyl carbamates (subject to hydrolysis) is 2. The molecular weight excluding hydrogens is 400 g/mol. The number of thiocarbonyl (C=S) groups is 2. The molecule has 4 N–H and O–H groups in total. The number of benzene rings is 1. The first-order valence-corrected chi connectivity index (χ1v) is 8.77. The van der Waals surface area contributed by atoms with Gasteiger partial charge in [0.2, 0.25) is 0 Å². The van der Waals surface area contributed by atoms with E-state index in [0.29, 0.717) is 17.3 Å². The SMILES string of the molecule is COCSc1ccc(NC(=S)NC(=O)OC)c(NC(=S)NC(=O)OC)c1. The van der Waals surface area contributed by atoms with E-state index in [9.17, 15) is 9.59 Å². The third kappa shape index (κ3) is 7.82. The number of rotatable bonds is 5. The van der Waals surface area contributed by atoms with Crippen LogP contribution in [0, 0.1) is 0 Å². The number of hydrogen-bond donors (Lipinski definition) is 4. The topological polar surface area (TPSA) is 110 Å². The van der Waals surface area contributed by atoms with Crippen molar-refractivity contribution in [2.24, 2.45) is 0 Å². The fraction of sp³-hybridized carbons (Fsp3) is 0.286. The molecule has 0 aromatic heterocycles. The van der Waals surface area contributed by atoms with E-state index in [1.54, 1.807) is 19.2 Å². The lowest BCUT2D eigenvalue weighted by molar-refractivity contribution is 0.176. The largest absolute Gasteiger partial charge is 0.453 e. The first kappa shape index (κ1) is 21.9. The Morgan fingerprint density at radius 3 is 2.00 bits per heavy atom. The maximum atomic E-state index is 11.3. The third-order valence-electron chi connectivity index (χ3n) is 2.63. The Bertz CT molecular complexity index is 687. The summed E-state index contributed by atoms with van der Waals surface area (Å²) in [7, 11) is 4.04. The molecule has 0 fully saturated rings. The minimum atomic E-state index is -0.704. The summed E-state index contributed by atoms with van der Waals surface area (Å²) in [5.41, 5.74) is 1.03. The molecule has 0 spiro atoms. The van der Waals surface area contributed by atoms with E-state index in [1.807, 2.05) is 6.07 Å². The predicted octanol–water partition coefficient (Wildman–Crippen LogP) is 2.49. The van der Waals surface area contributed by atoms with Crippen LogP contribution in [0.3, 0.4) is 0 Å². The van der Waals surface area contributed by atoms with Crippen molar-refractivity contribution < 1.29 is 23.8 Å². The lowest BCUT2D eigenvalue weighted by Crippen LogP contribution is -2.35. The highest BCUT2D eigenvalue weighted by Gasteiger charge is 2.11. The van der Waals surface area contributed by atoms with Gasteiger partial charge in [0, 0.05) is 12.0 Å². The lowest BCUT2D eigenvalue weighted by atomic mass is 10.2. The smallest absolute Gasteiger partial charge is 0.413 e. The van der Waals surface area contributed by atoms with E-state index >= 15 is 0 Å². The molecule has 142 valence electrons. The Hall–Kier alpha value is -2.15. The predicted molar refractivity (Wildman–Crippen MR) is 108 cm³/mol. The zero-order chi connectivity index (χ0) is 19.5. The van der Waals surface area contributed by atoms with Crippen LogP contribution in [-0.2, 0) is 14.2 Å². The van der Waals surface area contributed by atoms with Gasteiger partial charge in [-0.2, -0.15) is 0 Å². The summed E-state index contributed by atoms with van der Waals surface area (Å²) in [6.07, 6.45) is -1.41. The molecule has 1 aromatic rings. The van der Waals surface area contributed by atoms with Gasteiger partial charge in [-0.3, -0.25) is 10.6 Å². The monoisotopic (exact) mass is 418 g/mol. The van der Waals surface area contributed by atoms with Crippen molar-refractivity contribution >= 4 is 70.0 Å². The molecule has 1 aromatic carbocycles. The highest BCUT2D eigenvalue weighted by molar-refractivity contribution is 7.99. The third-order valence-corrected chi connectivity index (χ3v) is 3.98. The summed E-state index contributed by atoms with van der Waals surface area (Å²) in [5, 5.41) is 10.4. The standard InChI is InChI=1S/C14H18N4O5S3/c1-21-7-26-8-4-5-9(15-11(24)17-13(19)22-2)10(6-8)16-12(25)18-14(20)23-3/h4-6H,7H2,1-3H3,(H2,15,17,19,24)(H2,16,18,20,25). The van der Waals surface area contributed by atoms with Crippen LogP contribution < -0.4 is 21.3 Å². The van der Waals surface area contributed by atoms with E-state index in [2.05, 4.69) is 30.7 Å². The van der Waals surface area contributed by atoms with E-state index in [4.69, 9.17) is 29.2 Å². The van der Waals surface area contributed by atoms with Crippen molar-refractivity contribution in [3.8, 4) is 0 Å². The van der Waals surface area contributed by atoms with Gasteiger partial charge in [-0.25, -0.2) is 9.59 Å². The molecule has 0 heterocycles. The molecule has 0 aliphatic rings. The summed E-state index contributed by atoms with van der Waals surface area (Å²) >= 11 is 11.6. The van der Waals surface area contributed by atoms with Gasteiger partial charge < -0.3 is 24.8 Å². The van der Waals surface area contributed by atoms with Gasteiger partial charge in [-0.05, 0) is 42.6 Å². The molecule has 12 heteroatoms. The van der Waals surface area contributed by atoms with Crippen LogP contribution in [0.15, 0.2) is 23.1 Å². The molecule has 0 saturated heterocycles. The Morgan fingerprint density at radius 2 is 1.50 bits per heavy atom. The van der Waals surface area contributed by atoms with Gasteiger partial charge >= 0.3 is 12.2 Å². The van der Waals surface area contributed by atoms with E-state index in [1.165, 1.54) is 26.0 Å². The molecule has 0 bridgehead atoms. The number of amides is 2.